The molecule has 0 unspecified atom stereocenters. The van der Waals surface area contributed by atoms with Gasteiger partial charge in [0.05, 0.1) is 11.9 Å². The van der Waals surface area contributed by atoms with E-state index in [9.17, 15) is 8.42 Å². The molecular formula is C13H28N2O3S. The second kappa shape index (κ2) is 6.52. The standard InChI is InChI=1S/C13H28N2O3S/c1-11(10-13(2,3)18-4)14-12-6-8-15(9-7-12)19(5,16)17/h11-12,14H,6-10H2,1-5H3/t11-/m0/s1. The van der Waals surface area contributed by atoms with Crippen molar-refractivity contribution in [3.63, 3.8) is 0 Å². The Morgan fingerprint density at radius 1 is 1.37 bits per heavy atom. The SMILES string of the molecule is COC(C)(C)C[C@H](C)NC1CCN(S(C)(=O)=O)CC1. The molecule has 5 nitrogen and oxygen atoms in total. The first kappa shape index (κ1) is 16.9. The first-order valence-electron chi connectivity index (χ1n) is 6.90. The molecule has 0 amide bonds. The van der Waals surface area contributed by atoms with E-state index in [4.69, 9.17) is 4.74 Å². The van der Waals surface area contributed by atoms with E-state index in [-0.39, 0.29) is 5.60 Å². The molecule has 1 rings (SSSR count). The minimum absolute atomic E-state index is 0.125. The minimum Gasteiger partial charge on any atom is -0.379 e. The maximum absolute atomic E-state index is 11.4. The van der Waals surface area contributed by atoms with Gasteiger partial charge in [0, 0.05) is 32.3 Å². The summed E-state index contributed by atoms with van der Waals surface area (Å²) < 4.78 is 29.9. The maximum atomic E-state index is 11.4. The molecule has 1 saturated heterocycles. The smallest absolute Gasteiger partial charge is 0.211 e. The van der Waals surface area contributed by atoms with Gasteiger partial charge in [-0.2, -0.15) is 0 Å². The van der Waals surface area contributed by atoms with Crippen LogP contribution in [0, 0.1) is 0 Å². The Kier molecular flexibility index (Phi) is 5.79. The highest BCUT2D eigenvalue weighted by Gasteiger charge is 2.27. The van der Waals surface area contributed by atoms with E-state index in [1.165, 1.54) is 6.26 Å². The van der Waals surface area contributed by atoms with Crippen LogP contribution in [0.4, 0.5) is 0 Å². The summed E-state index contributed by atoms with van der Waals surface area (Å²) in [5, 5.41) is 3.58. The number of hydrogen-bond donors (Lipinski definition) is 1. The molecule has 0 radical (unpaired) electrons. The highest BCUT2D eigenvalue weighted by atomic mass is 32.2. The molecule has 0 aliphatic carbocycles. The number of hydrogen-bond acceptors (Lipinski definition) is 4. The van der Waals surface area contributed by atoms with Gasteiger partial charge in [0.1, 0.15) is 0 Å². The monoisotopic (exact) mass is 292 g/mol. The minimum atomic E-state index is -3.02. The molecule has 114 valence electrons. The van der Waals surface area contributed by atoms with Gasteiger partial charge in [-0.05, 0) is 40.0 Å². The van der Waals surface area contributed by atoms with Crippen molar-refractivity contribution in [2.75, 3.05) is 26.5 Å². The highest BCUT2D eigenvalue weighted by Crippen LogP contribution is 2.18. The Labute approximate surface area is 117 Å². The third-order valence-corrected chi connectivity index (χ3v) is 5.10. The van der Waals surface area contributed by atoms with Gasteiger partial charge < -0.3 is 10.1 Å². The van der Waals surface area contributed by atoms with Crippen LogP contribution in [0.15, 0.2) is 0 Å². The summed E-state index contributed by atoms with van der Waals surface area (Å²) in [7, 11) is -1.29. The van der Waals surface area contributed by atoms with Crippen molar-refractivity contribution in [2.45, 2.75) is 57.7 Å². The Balaban J connectivity index is 2.37. The zero-order valence-corrected chi connectivity index (χ0v) is 13.6. The molecule has 1 aliphatic heterocycles. The average molecular weight is 292 g/mol. The third kappa shape index (κ3) is 5.77. The molecule has 0 saturated carbocycles. The molecule has 6 heteroatoms. The fourth-order valence-electron chi connectivity index (χ4n) is 2.64. The molecular weight excluding hydrogens is 264 g/mol. The number of nitrogens with zero attached hydrogens (tertiary/aromatic N) is 1. The summed E-state index contributed by atoms with van der Waals surface area (Å²) in [5.74, 6) is 0. The fourth-order valence-corrected chi connectivity index (χ4v) is 3.51. The van der Waals surface area contributed by atoms with Crippen LogP contribution in [0.3, 0.4) is 0 Å². The number of nitrogens with one attached hydrogen (secondary N) is 1. The second-order valence-corrected chi connectivity index (χ2v) is 8.15. The van der Waals surface area contributed by atoms with Gasteiger partial charge in [-0.1, -0.05) is 0 Å². The molecule has 0 spiro atoms. The summed E-state index contributed by atoms with van der Waals surface area (Å²) in [4.78, 5) is 0. The van der Waals surface area contributed by atoms with Crippen LogP contribution in [0.1, 0.15) is 40.0 Å². The lowest BCUT2D eigenvalue weighted by Gasteiger charge is -2.34. The Hall–Kier alpha value is -0.170. The number of rotatable bonds is 6. The molecule has 1 N–H and O–H groups in total. The van der Waals surface area contributed by atoms with Crippen molar-refractivity contribution in [2.24, 2.45) is 0 Å². The van der Waals surface area contributed by atoms with Gasteiger partial charge in [-0.3, -0.25) is 0 Å². The zero-order valence-electron chi connectivity index (χ0n) is 12.8. The normalized spacial score (nSPS) is 21.5. The van der Waals surface area contributed by atoms with E-state index in [0.717, 1.165) is 19.3 Å². The molecule has 1 atom stereocenters. The predicted molar refractivity (Wildman–Crippen MR) is 77.7 cm³/mol. The molecule has 19 heavy (non-hydrogen) atoms. The molecule has 0 aromatic rings. The van der Waals surface area contributed by atoms with Crippen LogP contribution < -0.4 is 5.32 Å². The quantitative estimate of drug-likeness (QED) is 0.799. The van der Waals surface area contributed by atoms with E-state index in [1.54, 1.807) is 11.4 Å². The lowest BCUT2D eigenvalue weighted by molar-refractivity contribution is 0.00720. The lowest BCUT2D eigenvalue weighted by Crippen LogP contribution is -2.48. The number of sulfonamides is 1. The van der Waals surface area contributed by atoms with Crippen LogP contribution >= 0.6 is 0 Å². The first-order valence-corrected chi connectivity index (χ1v) is 8.75. The van der Waals surface area contributed by atoms with Crippen LogP contribution in [-0.2, 0) is 14.8 Å². The van der Waals surface area contributed by atoms with E-state index >= 15 is 0 Å². The van der Waals surface area contributed by atoms with Crippen molar-refractivity contribution >= 4 is 10.0 Å². The Morgan fingerprint density at radius 2 is 1.89 bits per heavy atom. The van der Waals surface area contributed by atoms with Gasteiger partial charge in [-0.15, -0.1) is 0 Å². The summed E-state index contributed by atoms with van der Waals surface area (Å²) in [6.45, 7) is 7.56. The third-order valence-electron chi connectivity index (χ3n) is 3.79. The Morgan fingerprint density at radius 3 is 2.32 bits per heavy atom. The highest BCUT2D eigenvalue weighted by molar-refractivity contribution is 7.88. The predicted octanol–water partition coefficient (Wildman–Crippen LogP) is 1.20. The summed E-state index contributed by atoms with van der Waals surface area (Å²) in [6.07, 6.45) is 3.98. The van der Waals surface area contributed by atoms with Gasteiger partial charge in [-0.25, -0.2) is 12.7 Å². The average Bonchev–Trinajstić information content (AvgIpc) is 2.27. The number of methoxy groups -OCH3 is 1. The van der Waals surface area contributed by atoms with Crippen LogP contribution in [0.5, 0.6) is 0 Å². The van der Waals surface area contributed by atoms with Gasteiger partial charge in [0.15, 0.2) is 0 Å². The number of piperidine rings is 1. The van der Waals surface area contributed by atoms with Crippen molar-refractivity contribution < 1.29 is 13.2 Å². The summed E-state index contributed by atoms with van der Waals surface area (Å²) in [5.41, 5.74) is -0.125. The van der Waals surface area contributed by atoms with Crippen molar-refractivity contribution in [3.8, 4) is 0 Å². The topological polar surface area (TPSA) is 58.6 Å². The van der Waals surface area contributed by atoms with E-state index in [2.05, 4.69) is 26.1 Å². The molecule has 1 heterocycles. The Bertz CT molecular complexity index is 373. The fraction of sp³-hybridized carbons (Fsp3) is 1.00. The first-order chi connectivity index (χ1) is 8.64. The molecule has 1 fully saturated rings. The number of ether oxygens (including phenoxy) is 1. The van der Waals surface area contributed by atoms with Crippen LogP contribution in [-0.4, -0.2) is 56.9 Å². The summed E-state index contributed by atoms with van der Waals surface area (Å²) >= 11 is 0. The van der Waals surface area contributed by atoms with Gasteiger partial charge >= 0.3 is 0 Å². The molecule has 0 aromatic heterocycles. The van der Waals surface area contributed by atoms with Crippen molar-refractivity contribution in [1.29, 1.82) is 0 Å². The van der Waals surface area contributed by atoms with Crippen molar-refractivity contribution in [1.82, 2.24) is 9.62 Å². The van der Waals surface area contributed by atoms with Gasteiger partial charge in [0.25, 0.3) is 0 Å². The van der Waals surface area contributed by atoms with Crippen LogP contribution in [0.25, 0.3) is 0 Å². The van der Waals surface area contributed by atoms with E-state index in [0.29, 0.717) is 25.2 Å². The zero-order chi connectivity index (χ0) is 14.7. The molecule has 0 bridgehead atoms. The lowest BCUT2D eigenvalue weighted by atomic mass is 9.98. The van der Waals surface area contributed by atoms with Gasteiger partial charge in [0.2, 0.25) is 10.0 Å². The summed E-state index contributed by atoms with van der Waals surface area (Å²) in [6, 6.07) is 0.769. The second-order valence-electron chi connectivity index (χ2n) is 6.17. The molecule has 0 aromatic carbocycles. The molecule has 1 aliphatic rings. The van der Waals surface area contributed by atoms with E-state index in [1.807, 2.05) is 0 Å². The van der Waals surface area contributed by atoms with E-state index < -0.39 is 10.0 Å². The van der Waals surface area contributed by atoms with Crippen molar-refractivity contribution in [3.05, 3.63) is 0 Å². The van der Waals surface area contributed by atoms with Crippen LogP contribution in [0.2, 0.25) is 0 Å². The maximum Gasteiger partial charge on any atom is 0.211 e. The largest absolute Gasteiger partial charge is 0.379 e.